The Labute approximate surface area is 333 Å². The number of fused-ring (bicyclic) bond motifs is 1. The highest BCUT2D eigenvalue weighted by molar-refractivity contribution is 7.91. The third kappa shape index (κ3) is 12.5. The van der Waals surface area contributed by atoms with Crippen molar-refractivity contribution >= 4 is 57.1 Å². The molecule has 7 atom stereocenters. The molecule has 0 radical (unpaired) electrons. The van der Waals surface area contributed by atoms with Gasteiger partial charge in [-0.25, -0.2) is 18.0 Å². The van der Waals surface area contributed by atoms with E-state index in [2.05, 4.69) is 15.1 Å². The van der Waals surface area contributed by atoms with Crippen LogP contribution in [0.25, 0.3) is 0 Å². The standard InChI is InChI=1S/C19H32N2O5.C16H16ClN3O10S/c1-4-8-14(19(25)26-5-2)20-12(3)17(22)21-15-10-7-6-9-13(15)11-16(21)18(23)24;1-8(6-12(21)18-11(16(24)25)7-13(22)23)29-14-15(20(26)30-19-14)31(27,28)10-4-2-9(17)3-5-10/h12-16,20H,4-11H2,1-3H3,(H,23,24);2-5,8,11H,6-7H2,1H3,(H,18,21)(H,22,23)(H,24,25)/t12-,13-,14-,15-,16-;8?,11-/m00/s1. The van der Waals surface area contributed by atoms with Crippen LogP contribution in [0.4, 0.5) is 0 Å². The molecule has 2 heterocycles. The Morgan fingerprint density at radius 1 is 1.04 bits per heavy atom. The van der Waals surface area contributed by atoms with Crippen molar-refractivity contribution in [2.75, 3.05) is 6.61 Å². The smallest absolute Gasteiger partial charge is 0.415 e. The van der Waals surface area contributed by atoms with Gasteiger partial charge in [0.25, 0.3) is 9.84 Å². The van der Waals surface area contributed by atoms with Crippen molar-refractivity contribution in [3.63, 3.8) is 0 Å². The minimum absolute atomic E-state index is 0.00817. The molecule has 1 aliphatic carbocycles. The van der Waals surface area contributed by atoms with Crippen LogP contribution in [-0.2, 0) is 43.3 Å². The summed E-state index contributed by atoms with van der Waals surface area (Å²) < 4.78 is 40.1. The fourth-order valence-electron chi connectivity index (χ4n) is 6.75. The highest BCUT2D eigenvalue weighted by Gasteiger charge is 2.48. The minimum Gasteiger partial charge on any atom is -0.481 e. The number of carboxylic acids is 3. The van der Waals surface area contributed by atoms with Crippen LogP contribution >= 0.6 is 11.6 Å². The first-order valence-electron chi connectivity index (χ1n) is 18.3. The van der Waals surface area contributed by atoms with Crippen LogP contribution in [-0.4, -0.2) is 112 Å². The van der Waals surface area contributed by atoms with E-state index >= 15 is 0 Å². The van der Waals surface area contributed by atoms with Crippen molar-refractivity contribution in [2.24, 2.45) is 5.92 Å². The molecule has 1 unspecified atom stereocenters. The van der Waals surface area contributed by atoms with Gasteiger partial charge >= 0.3 is 34.8 Å². The summed E-state index contributed by atoms with van der Waals surface area (Å²) in [5.74, 6) is -5.83. The molecule has 1 aliphatic heterocycles. The molecule has 1 aromatic heterocycles. The number of aliphatic carboxylic acids is 3. The first-order chi connectivity index (χ1) is 26.8. The van der Waals surface area contributed by atoms with Crippen molar-refractivity contribution in [3.05, 3.63) is 34.5 Å². The first kappa shape index (κ1) is 46.4. The molecule has 2 aromatic rings. The van der Waals surface area contributed by atoms with Crippen molar-refractivity contribution in [3.8, 4) is 5.88 Å². The lowest BCUT2D eigenvalue weighted by atomic mass is 9.84. The van der Waals surface area contributed by atoms with Crippen molar-refractivity contribution < 1.29 is 71.5 Å². The monoisotopic (exact) mass is 845 g/mol. The van der Waals surface area contributed by atoms with Crippen molar-refractivity contribution in [2.45, 2.75) is 132 Å². The van der Waals surface area contributed by atoms with E-state index in [4.69, 9.17) is 31.3 Å². The van der Waals surface area contributed by atoms with Crippen LogP contribution in [0.5, 0.6) is 5.88 Å². The number of sulfone groups is 1. The third-order valence-corrected chi connectivity index (χ3v) is 11.3. The summed E-state index contributed by atoms with van der Waals surface area (Å²) in [5, 5.41) is 46.7. The maximum atomic E-state index is 13.1. The second-order valence-electron chi connectivity index (χ2n) is 13.6. The fraction of sp³-hybridized carbons (Fsp3) is 0.600. The third-order valence-electron chi connectivity index (χ3n) is 9.32. The number of hydrogen-bond donors (Lipinski definition) is 5. The maximum absolute atomic E-state index is 13.1. The van der Waals surface area contributed by atoms with E-state index in [0.29, 0.717) is 19.4 Å². The quantitative estimate of drug-likeness (QED) is 0.106. The molecule has 5 N–H and O–H groups in total. The molecule has 2 fully saturated rings. The number of amides is 2. The molecular weight excluding hydrogens is 798 g/mol. The number of likely N-dealkylation sites (tertiary alicyclic amines) is 1. The Morgan fingerprint density at radius 2 is 1.68 bits per heavy atom. The lowest BCUT2D eigenvalue weighted by Crippen LogP contribution is -2.55. The molecule has 4 rings (SSSR count). The van der Waals surface area contributed by atoms with E-state index in [0.717, 1.165) is 44.2 Å². The fourth-order valence-corrected chi connectivity index (χ4v) is 8.14. The average molecular weight is 846 g/mol. The molecule has 1 saturated heterocycles. The average Bonchev–Trinajstić information content (AvgIpc) is 3.71. The number of carboxylic acid groups (broad SMARTS) is 3. The van der Waals surface area contributed by atoms with Gasteiger partial charge in [-0.15, -0.1) is 0 Å². The highest BCUT2D eigenvalue weighted by Crippen LogP contribution is 2.40. The molecule has 20 nitrogen and oxygen atoms in total. The summed E-state index contributed by atoms with van der Waals surface area (Å²) >= 11 is 5.73. The van der Waals surface area contributed by atoms with Crippen molar-refractivity contribution in [1.82, 2.24) is 20.7 Å². The number of carbonyl (C=O) groups excluding carboxylic acids is 3. The number of ether oxygens (including phenoxy) is 2. The molecule has 0 bridgehead atoms. The number of benzene rings is 1. The van der Waals surface area contributed by atoms with E-state index in [1.54, 1.807) is 18.7 Å². The molecule has 2 amide bonds. The molecule has 1 saturated carbocycles. The predicted molar refractivity (Wildman–Crippen MR) is 195 cm³/mol. The van der Waals surface area contributed by atoms with Gasteiger partial charge in [-0.05, 0) is 81.5 Å². The van der Waals surface area contributed by atoms with Crippen LogP contribution in [0.2, 0.25) is 5.02 Å². The Morgan fingerprint density at radius 3 is 2.26 bits per heavy atom. The van der Waals surface area contributed by atoms with Gasteiger partial charge in [0.05, 0.1) is 35.5 Å². The van der Waals surface area contributed by atoms with E-state index < -0.39 is 87.7 Å². The number of nitrogens with zero attached hydrogens (tertiary/aromatic N) is 3. The predicted octanol–water partition coefficient (Wildman–Crippen LogP) is 1.94. The Hall–Kier alpha value is -5.02. The van der Waals surface area contributed by atoms with Crippen LogP contribution < -0.4 is 20.3 Å². The van der Waals surface area contributed by atoms with Gasteiger partial charge in [0.1, 0.15) is 24.2 Å². The highest BCUT2D eigenvalue weighted by atomic mass is 35.5. The van der Waals surface area contributed by atoms with Gasteiger partial charge in [-0.1, -0.05) is 37.8 Å². The zero-order valence-electron chi connectivity index (χ0n) is 31.8. The van der Waals surface area contributed by atoms with E-state index in [-0.39, 0.29) is 38.7 Å². The summed E-state index contributed by atoms with van der Waals surface area (Å²) in [6.45, 7) is 7.03. The number of nitrogens with one attached hydrogen (secondary N) is 2. The van der Waals surface area contributed by atoms with Crippen LogP contribution in [0.3, 0.4) is 0 Å². The number of carbonyl (C=O) groups is 6. The summed E-state index contributed by atoms with van der Waals surface area (Å²) in [7, 11) is -4.42. The molecule has 2 aliphatic rings. The largest absolute Gasteiger partial charge is 0.481 e. The number of hydrogen-bond acceptors (Lipinski definition) is 14. The normalized spacial score (nSPS) is 19.7. The second kappa shape index (κ2) is 20.9. The van der Waals surface area contributed by atoms with Gasteiger partial charge in [0.2, 0.25) is 11.8 Å². The summed E-state index contributed by atoms with van der Waals surface area (Å²) in [5.41, 5.74) is 0. The molecule has 22 heteroatoms. The number of aromatic nitrogens is 2. The maximum Gasteiger partial charge on any atom is 0.415 e. The van der Waals surface area contributed by atoms with Crippen LogP contribution in [0.1, 0.15) is 85.5 Å². The zero-order chi connectivity index (χ0) is 42.6. The number of halogens is 1. The zero-order valence-corrected chi connectivity index (χ0v) is 33.4. The molecule has 0 spiro atoms. The van der Waals surface area contributed by atoms with Gasteiger partial charge in [-0.3, -0.25) is 29.1 Å². The first-order valence-corrected chi connectivity index (χ1v) is 20.2. The van der Waals surface area contributed by atoms with E-state index in [9.17, 15) is 47.5 Å². The second-order valence-corrected chi connectivity index (χ2v) is 15.9. The Bertz CT molecular complexity index is 1860. The summed E-state index contributed by atoms with van der Waals surface area (Å²) in [6, 6.07) is 1.29. The Kier molecular flexibility index (Phi) is 17.0. The molecule has 57 heavy (non-hydrogen) atoms. The van der Waals surface area contributed by atoms with Gasteiger partial charge in [-0.2, -0.15) is 0 Å². The number of rotatable bonds is 18. The molecular formula is C35H48ClN5O15S. The van der Waals surface area contributed by atoms with Gasteiger partial charge in [0.15, 0.2) is 0 Å². The Balaban J connectivity index is 0.000000310. The minimum atomic E-state index is -4.42. The SMILES string of the molecule is CC(CC(=O)N[C@@H](CC(=O)O)C(=O)O)Oc1no[n+]([O-])c1S(=O)(=O)c1ccc(Cl)cc1.CCC[C@H](N[C@@H](C)C(=O)N1[C@H](C(=O)O)C[C@@H]2CCCC[C@@H]21)C(=O)OCC. The van der Waals surface area contributed by atoms with Crippen LogP contribution in [0, 0.1) is 11.1 Å². The van der Waals surface area contributed by atoms with Crippen molar-refractivity contribution in [1.29, 1.82) is 0 Å². The molecule has 1 aromatic carbocycles. The lowest BCUT2D eigenvalue weighted by Gasteiger charge is -2.35. The van der Waals surface area contributed by atoms with E-state index in [1.165, 1.54) is 19.1 Å². The summed E-state index contributed by atoms with van der Waals surface area (Å²) in [6.07, 6.45) is 3.43. The van der Waals surface area contributed by atoms with E-state index in [1.807, 2.05) is 12.2 Å². The number of esters is 1. The van der Waals surface area contributed by atoms with Crippen LogP contribution in [0.15, 0.2) is 38.8 Å². The lowest BCUT2D eigenvalue weighted by molar-refractivity contribution is -0.832. The molecule has 316 valence electrons. The van der Waals surface area contributed by atoms with Gasteiger partial charge in [0, 0.05) is 11.1 Å². The summed E-state index contributed by atoms with van der Waals surface area (Å²) in [4.78, 5) is 71.5. The topological polar surface area (TPSA) is 296 Å². The van der Waals surface area contributed by atoms with Gasteiger partial charge < -0.3 is 40.2 Å².